The lowest BCUT2D eigenvalue weighted by atomic mass is 10.0. The summed E-state index contributed by atoms with van der Waals surface area (Å²) >= 11 is 0. The minimum absolute atomic E-state index is 0.00431. The first kappa shape index (κ1) is 12.4. The number of carboxylic acid groups (broad SMARTS) is 1. The van der Waals surface area contributed by atoms with E-state index in [4.69, 9.17) is 10.2 Å². The average molecular weight is 189 g/mol. The third-order valence-corrected chi connectivity index (χ3v) is 2.07. The van der Waals surface area contributed by atoms with Gasteiger partial charge in [0.25, 0.3) is 0 Å². The molecule has 2 N–H and O–H groups in total. The van der Waals surface area contributed by atoms with Crippen molar-refractivity contribution in [2.45, 2.75) is 26.8 Å². The number of carbonyl (C=O) groups is 1. The van der Waals surface area contributed by atoms with Gasteiger partial charge in [-0.25, -0.2) is 0 Å². The van der Waals surface area contributed by atoms with E-state index in [1.807, 2.05) is 20.8 Å². The molecule has 0 aliphatic carbocycles. The van der Waals surface area contributed by atoms with Crippen LogP contribution in [0.15, 0.2) is 0 Å². The molecular formula is C9H19NO3. The number of nitrogens with zero attached hydrogens (tertiary/aromatic N) is 1. The molecule has 0 fully saturated rings. The van der Waals surface area contributed by atoms with E-state index in [-0.39, 0.29) is 12.5 Å². The monoisotopic (exact) mass is 189 g/mol. The first-order chi connectivity index (χ1) is 6.04. The van der Waals surface area contributed by atoms with Crippen LogP contribution in [0.5, 0.6) is 0 Å². The van der Waals surface area contributed by atoms with Gasteiger partial charge in [0.1, 0.15) is 6.04 Å². The van der Waals surface area contributed by atoms with Gasteiger partial charge in [0.2, 0.25) is 0 Å². The lowest BCUT2D eigenvalue weighted by Crippen LogP contribution is -2.45. The second-order valence-electron chi connectivity index (χ2n) is 3.38. The van der Waals surface area contributed by atoms with Crippen molar-refractivity contribution in [3.63, 3.8) is 0 Å². The summed E-state index contributed by atoms with van der Waals surface area (Å²) in [4.78, 5) is 12.7. The van der Waals surface area contributed by atoms with Gasteiger partial charge in [0.05, 0.1) is 6.61 Å². The summed E-state index contributed by atoms with van der Waals surface area (Å²) in [6, 6.07) is -0.489. The van der Waals surface area contributed by atoms with Gasteiger partial charge >= 0.3 is 5.97 Å². The Balaban J connectivity index is 4.39. The van der Waals surface area contributed by atoms with Crippen LogP contribution in [0.3, 0.4) is 0 Å². The number of likely N-dealkylation sites (N-methyl/N-ethyl adjacent to an activating group) is 1. The Morgan fingerprint density at radius 3 is 2.23 bits per heavy atom. The van der Waals surface area contributed by atoms with Crippen LogP contribution in [0.4, 0.5) is 0 Å². The van der Waals surface area contributed by atoms with Crippen molar-refractivity contribution >= 4 is 5.97 Å². The molecule has 78 valence electrons. The summed E-state index contributed by atoms with van der Waals surface area (Å²) in [5.74, 6) is -0.755. The molecule has 1 atom stereocenters. The van der Waals surface area contributed by atoms with Gasteiger partial charge in [0, 0.05) is 6.54 Å². The molecule has 0 rings (SSSR count). The molecule has 0 aliphatic heterocycles. The van der Waals surface area contributed by atoms with Crippen molar-refractivity contribution in [2.75, 3.05) is 19.7 Å². The molecule has 0 aromatic rings. The van der Waals surface area contributed by atoms with Gasteiger partial charge in [0.15, 0.2) is 0 Å². The predicted molar refractivity (Wildman–Crippen MR) is 50.6 cm³/mol. The Hall–Kier alpha value is -0.610. The molecule has 0 aromatic heterocycles. The third-order valence-electron chi connectivity index (χ3n) is 2.07. The lowest BCUT2D eigenvalue weighted by Gasteiger charge is -2.29. The average Bonchev–Trinajstić information content (AvgIpc) is 2.02. The number of carboxylic acids is 1. The molecule has 0 aromatic carbocycles. The summed E-state index contributed by atoms with van der Waals surface area (Å²) < 4.78 is 0. The van der Waals surface area contributed by atoms with E-state index in [0.29, 0.717) is 13.1 Å². The summed E-state index contributed by atoms with van der Waals surface area (Å²) in [5.41, 5.74) is 0. The maximum atomic E-state index is 10.9. The fourth-order valence-electron chi connectivity index (χ4n) is 1.49. The zero-order valence-corrected chi connectivity index (χ0v) is 8.53. The molecule has 0 saturated carbocycles. The maximum Gasteiger partial charge on any atom is 0.321 e. The minimum Gasteiger partial charge on any atom is -0.480 e. The van der Waals surface area contributed by atoms with Crippen LogP contribution in [-0.2, 0) is 4.79 Å². The number of rotatable bonds is 6. The zero-order chi connectivity index (χ0) is 10.4. The second-order valence-corrected chi connectivity index (χ2v) is 3.38. The van der Waals surface area contributed by atoms with Crippen molar-refractivity contribution < 1.29 is 15.0 Å². The fourth-order valence-corrected chi connectivity index (χ4v) is 1.49. The molecule has 13 heavy (non-hydrogen) atoms. The Kier molecular flexibility index (Phi) is 5.66. The van der Waals surface area contributed by atoms with Crippen LogP contribution in [0.25, 0.3) is 0 Å². The van der Waals surface area contributed by atoms with E-state index in [1.165, 1.54) is 0 Å². The number of aliphatic hydroxyl groups excluding tert-OH is 1. The molecule has 0 radical (unpaired) electrons. The SMILES string of the molecule is CCN(CCO)C(C(=O)O)C(C)C. The predicted octanol–water partition coefficient (Wildman–Crippen LogP) is 0.410. The number of hydrogen-bond acceptors (Lipinski definition) is 3. The highest BCUT2D eigenvalue weighted by molar-refractivity contribution is 5.73. The van der Waals surface area contributed by atoms with Gasteiger partial charge in [-0.15, -0.1) is 0 Å². The summed E-state index contributed by atoms with van der Waals surface area (Å²) in [6.45, 7) is 6.72. The highest BCUT2D eigenvalue weighted by Gasteiger charge is 2.26. The molecule has 0 bridgehead atoms. The van der Waals surface area contributed by atoms with Crippen molar-refractivity contribution in [1.29, 1.82) is 0 Å². The Labute approximate surface area is 79.2 Å². The van der Waals surface area contributed by atoms with Gasteiger partial charge in [-0.2, -0.15) is 0 Å². The fraction of sp³-hybridized carbons (Fsp3) is 0.889. The van der Waals surface area contributed by atoms with Crippen LogP contribution in [0.1, 0.15) is 20.8 Å². The van der Waals surface area contributed by atoms with Crippen LogP contribution in [0.2, 0.25) is 0 Å². The Morgan fingerprint density at radius 2 is 2.00 bits per heavy atom. The summed E-state index contributed by atoms with van der Waals surface area (Å²) in [5, 5.41) is 17.7. The lowest BCUT2D eigenvalue weighted by molar-refractivity contribution is -0.145. The number of aliphatic hydroxyl groups is 1. The molecule has 0 amide bonds. The quantitative estimate of drug-likeness (QED) is 0.635. The Morgan fingerprint density at radius 1 is 1.46 bits per heavy atom. The Bertz CT molecular complexity index is 159. The van der Waals surface area contributed by atoms with Gasteiger partial charge in [-0.05, 0) is 12.5 Å². The molecular weight excluding hydrogens is 170 g/mol. The van der Waals surface area contributed by atoms with E-state index in [0.717, 1.165) is 0 Å². The number of aliphatic carboxylic acids is 1. The van der Waals surface area contributed by atoms with Crippen molar-refractivity contribution in [3.8, 4) is 0 Å². The van der Waals surface area contributed by atoms with Crippen molar-refractivity contribution in [1.82, 2.24) is 4.90 Å². The number of hydrogen-bond donors (Lipinski definition) is 2. The topological polar surface area (TPSA) is 60.8 Å². The highest BCUT2D eigenvalue weighted by Crippen LogP contribution is 2.10. The zero-order valence-electron chi connectivity index (χ0n) is 8.53. The van der Waals surface area contributed by atoms with Crippen LogP contribution in [-0.4, -0.2) is 46.8 Å². The van der Waals surface area contributed by atoms with Crippen molar-refractivity contribution in [3.05, 3.63) is 0 Å². The standard InChI is InChI=1S/C9H19NO3/c1-4-10(5-6-11)8(7(2)3)9(12)13/h7-8,11H,4-6H2,1-3H3,(H,12,13). The molecule has 4 heteroatoms. The largest absolute Gasteiger partial charge is 0.480 e. The first-order valence-electron chi connectivity index (χ1n) is 4.62. The highest BCUT2D eigenvalue weighted by atomic mass is 16.4. The van der Waals surface area contributed by atoms with Crippen LogP contribution < -0.4 is 0 Å². The van der Waals surface area contributed by atoms with E-state index in [9.17, 15) is 4.79 Å². The third kappa shape index (κ3) is 3.74. The molecule has 0 heterocycles. The maximum absolute atomic E-state index is 10.9. The minimum atomic E-state index is -0.815. The van der Waals surface area contributed by atoms with Gasteiger partial charge in [-0.3, -0.25) is 9.69 Å². The van der Waals surface area contributed by atoms with Gasteiger partial charge < -0.3 is 10.2 Å². The summed E-state index contributed by atoms with van der Waals surface area (Å²) in [7, 11) is 0. The molecule has 0 aliphatic rings. The van der Waals surface area contributed by atoms with Crippen LogP contribution in [0, 0.1) is 5.92 Å². The normalized spacial score (nSPS) is 13.7. The van der Waals surface area contributed by atoms with Crippen molar-refractivity contribution in [2.24, 2.45) is 5.92 Å². The smallest absolute Gasteiger partial charge is 0.321 e. The van der Waals surface area contributed by atoms with E-state index >= 15 is 0 Å². The molecule has 0 spiro atoms. The van der Waals surface area contributed by atoms with E-state index in [2.05, 4.69) is 0 Å². The molecule has 1 unspecified atom stereocenters. The first-order valence-corrected chi connectivity index (χ1v) is 4.62. The molecule has 0 saturated heterocycles. The second kappa shape index (κ2) is 5.94. The van der Waals surface area contributed by atoms with E-state index in [1.54, 1.807) is 4.90 Å². The van der Waals surface area contributed by atoms with Gasteiger partial charge in [-0.1, -0.05) is 20.8 Å². The van der Waals surface area contributed by atoms with E-state index < -0.39 is 12.0 Å². The van der Waals surface area contributed by atoms with Crippen LogP contribution >= 0.6 is 0 Å². The summed E-state index contributed by atoms with van der Waals surface area (Å²) in [6.07, 6.45) is 0. The molecule has 4 nitrogen and oxygen atoms in total.